The van der Waals surface area contributed by atoms with E-state index in [1.54, 1.807) is 18.2 Å². The highest BCUT2D eigenvalue weighted by Gasteiger charge is 2.22. The molecule has 1 heterocycles. The molecule has 0 bridgehead atoms. The molecular weight excluding hydrogens is 343 g/mol. The third-order valence-corrected chi connectivity index (χ3v) is 5.22. The minimum atomic E-state index is 0.0177. The first-order valence-corrected chi connectivity index (χ1v) is 8.81. The van der Waals surface area contributed by atoms with Crippen molar-refractivity contribution in [3.05, 3.63) is 69.2 Å². The molecule has 0 atom stereocenters. The number of piperazine rings is 1. The van der Waals surface area contributed by atoms with Gasteiger partial charge in [0.15, 0.2) is 0 Å². The second-order valence-corrected chi connectivity index (χ2v) is 6.94. The van der Waals surface area contributed by atoms with Crippen LogP contribution in [0.2, 0.25) is 10.0 Å². The number of hydrogen-bond acceptors (Lipinski definition) is 2. The summed E-state index contributed by atoms with van der Waals surface area (Å²) in [6.07, 6.45) is 0. The maximum absolute atomic E-state index is 12.6. The fourth-order valence-corrected chi connectivity index (χ4v) is 3.25. The topological polar surface area (TPSA) is 23.6 Å². The number of aryl methyl sites for hydroxylation is 1. The molecule has 0 aliphatic carbocycles. The van der Waals surface area contributed by atoms with Gasteiger partial charge in [-0.1, -0.05) is 47.5 Å². The molecule has 1 aliphatic rings. The van der Waals surface area contributed by atoms with Crippen molar-refractivity contribution >= 4 is 29.1 Å². The Labute approximate surface area is 152 Å². The lowest BCUT2D eigenvalue weighted by atomic mass is 10.1. The van der Waals surface area contributed by atoms with Gasteiger partial charge in [0.05, 0.1) is 10.0 Å². The average molecular weight is 363 g/mol. The van der Waals surface area contributed by atoms with Gasteiger partial charge in [0.1, 0.15) is 0 Å². The van der Waals surface area contributed by atoms with E-state index in [-0.39, 0.29) is 5.91 Å². The number of rotatable bonds is 3. The lowest BCUT2D eigenvalue weighted by Crippen LogP contribution is -2.48. The maximum atomic E-state index is 12.6. The van der Waals surface area contributed by atoms with E-state index in [1.807, 2.05) is 4.90 Å². The van der Waals surface area contributed by atoms with E-state index >= 15 is 0 Å². The number of carbonyl (C=O) groups excluding carboxylic acids is 1. The average Bonchev–Trinajstić information content (AvgIpc) is 2.59. The molecule has 1 aliphatic heterocycles. The monoisotopic (exact) mass is 362 g/mol. The van der Waals surface area contributed by atoms with Crippen molar-refractivity contribution < 1.29 is 4.79 Å². The third-order valence-electron chi connectivity index (χ3n) is 4.48. The Morgan fingerprint density at radius 1 is 1.00 bits per heavy atom. The Kier molecular flexibility index (Phi) is 5.44. The van der Waals surface area contributed by atoms with Crippen LogP contribution in [0.15, 0.2) is 42.5 Å². The molecule has 3 rings (SSSR count). The van der Waals surface area contributed by atoms with Crippen molar-refractivity contribution in [3.63, 3.8) is 0 Å². The highest BCUT2D eigenvalue weighted by molar-refractivity contribution is 6.42. The first kappa shape index (κ1) is 17.3. The van der Waals surface area contributed by atoms with Crippen LogP contribution >= 0.6 is 23.2 Å². The molecule has 0 spiro atoms. The molecule has 126 valence electrons. The lowest BCUT2D eigenvalue weighted by molar-refractivity contribution is 0.0628. The third kappa shape index (κ3) is 3.92. The minimum absolute atomic E-state index is 0.0177. The summed E-state index contributed by atoms with van der Waals surface area (Å²) < 4.78 is 0. The van der Waals surface area contributed by atoms with Crippen LogP contribution in [0, 0.1) is 6.92 Å². The Bertz CT molecular complexity index is 740. The number of benzene rings is 2. The molecule has 2 aromatic carbocycles. The van der Waals surface area contributed by atoms with Gasteiger partial charge in [-0.25, -0.2) is 0 Å². The van der Waals surface area contributed by atoms with E-state index in [0.29, 0.717) is 15.6 Å². The molecular formula is C19H20Cl2N2O. The Balaban J connectivity index is 1.59. The molecule has 0 radical (unpaired) electrons. The largest absolute Gasteiger partial charge is 0.336 e. The fourth-order valence-electron chi connectivity index (χ4n) is 2.95. The van der Waals surface area contributed by atoms with E-state index in [0.717, 1.165) is 32.7 Å². The van der Waals surface area contributed by atoms with Crippen LogP contribution in [0.4, 0.5) is 0 Å². The molecule has 24 heavy (non-hydrogen) atoms. The van der Waals surface area contributed by atoms with Crippen LogP contribution in [0.25, 0.3) is 0 Å². The molecule has 3 nitrogen and oxygen atoms in total. The molecule has 1 fully saturated rings. The van der Waals surface area contributed by atoms with E-state index in [4.69, 9.17) is 23.2 Å². The number of hydrogen-bond donors (Lipinski definition) is 0. The number of halogens is 2. The van der Waals surface area contributed by atoms with E-state index in [2.05, 4.69) is 36.1 Å². The summed E-state index contributed by atoms with van der Waals surface area (Å²) in [6.45, 7) is 6.28. The van der Waals surface area contributed by atoms with E-state index in [9.17, 15) is 4.79 Å². The predicted molar refractivity (Wildman–Crippen MR) is 98.8 cm³/mol. The standard InChI is InChI=1S/C19H20Cl2N2O/c1-14-4-2-3-5-16(14)13-22-8-10-23(11-9-22)19(24)15-6-7-17(20)18(21)12-15/h2-7,12H,8-11,13H2,1H3. The highest BCUT2D eigenvalue weighted by Crippen LogP contribution is 2.23. The van der Waals surface area contributed by atoms with Gasteiger partial charge in [-0.05, 0) is 36.2 Å². The SMILES string of the molecule is Cc1ccccc1CN1CCN(C(=O)c2ccc(Cl)c(Cl)c2)CC1. The Morgan fingerprint density at radius 3 is 2.38 bits per heavy atom. The predicted octanol–water partition coefficient (Wildman–Crippen LogP) is 4.26. The van der Waals surface area contributed by atoms with Crippen LogP contribution in [0.3, 0.4) is 0 Å². The number of carbonyl (C=O) groups is 1. The zero-order valence-corrected chi connectivity index (χ0v) is 15.1. The maximum Gasteiger partial charge on any atom is 0.253 e. The summed E-state index contributed by atoms with van der Waals surface area (Å²) in [6, 6.07) is 13.5. The molecule has 5 heteroatoms. The first-order valence-electron chi connectivity index (χ1n) is 8.06. The molecule has 0 unspecified atom stereocenters. The van der Waals surface area contributed by atoms with Gasteiger partial charge in [0.25, 0.3) is 5.91 Å². The highest BCUT2D eigenvalue weighted by atomic mass is 35.5. The van der Waals surface area contributed by atoms with Gasteiger partial charge in [0.2, 0.25) is 0 Å². The van der Waals surface area contributed by atoms with Crippen molar-refractivity contribution in [3.8, 4) is 0 Å². The molecule has 2 aromatic rings. The van der Waals surface area contributed by atoms with Crippen molar-refractivity contribution in [1.29, 1.82) is 0 Å². The minimum Gasteiger partial charge on any atom is -0.336 e. The summed E-state index contributed by atoms with van der Waals surface area (Å²) >= 11 is 11.9. The van der Waals surface area contributed by atoms with Crippen molar-refractivity contribution in [2.75, 3.05) is 26.2 Å². The lowest BCUT2D eigenvalue weighted by Gasteiger charge is -2.35. The second kappa shape index (κ2) is 7.56. The van der Waals surface area contributed by atoms with Crippen LogP contribution in [-0.2, 0) is 6.54 Å². The van der Waals surface area contributed by atoms with Crippen molar-refractivity contribution in [2.45, 2.75) is 13.5 Å². The summed E-state index contributed by atoms with van der Waals surface area (Å²) in [5.74, 6) is 0.0177. The van der Waals surface area contributed by atoms with Gasteiger partial charge >= 0.3 is 0 Å². The zero-order valence-electron chi connectivity index (χ0n) is 13.6. The Morgan fingerprint density at radius 2 is 1.71 bits per heavy atom. The van der Waals surface area contributed by atoms with Crippen LogP contribution < -0.4 is 0 Å². The van der Waals surface area contributed by atoms with Crippen molar-refractivity contribution in [1.82, 2.24) is 9.80 Å². The van der Waals surface area contributed by atoms with Gasteiger partial charge in [-0.2, -0.15) is 0 Å². The van der Waals surface area contributed by atoms with Gasteiger partial charge in [0, 0.05) is 38.3 Å². The van der Waals surface area contributed by atoms with Crippen LogP contribution in [0.5, 0.6) is 0 Å². The zero-order chi connectivity index (χ0) is 17.1. The number of nitrogens with zero attached hydrogens (tertiary/aromatic N) is 2. The van der Waals surface area contributed by atoms with Gasteiger partial charge < -0.3 is 4.90 Å². The summed E-state index contributed by atoms with van der Waals surface area (Å²) in [5, 5.41) is 0.886. The molecule has 1 saturated heterocycles. The molecule has 1 amide bonds. The fraction of sp³-hybridized carbons (Fsp3) is 0.316. The van der Waals surface area contributed by atoms with E-state index < -0.39 is 0 Å². The second-order valence-electron chi connectivity index (χ2n) is 6.12. The first-order chi connectivity index (χ1) is 11.5. The summed E-state index contributed by atoms with van der Waals surface area (Å²) in [4.78, 5) is 16.9. The summed E-state index contributed by atoms with van der Waals surface area (Å²) in [5.41, 5.74) is 3.25. The quantitative estimate of drug-likeness (QED) is 0.814. The number of amides is 1. The molecule has 0 aromatic heterocycles. The van der Waals surface area contributed by atoms with E-state index in [1.165, 1.54) is 11.1 Å². The molecule has 0 saturated carbocycles. The van der Waals surface area contributed by atoms with Crippen LogP contribution in [-0.4, -0.2) is 41.9 Å². The van der Waals surface area contributed by atoms with Gasteiger partial charge in [-0.15, -0.1) is 0 Å². The van der Waals surface area contributed by atoms with Gasteiger partial charge in [-0.3, -0.25) is 9.69 Å². The molecule has 0 N–H and O–H groups in total. The Hall–Kier alpha value is -1.55. The summed E-state index contributed by atoms with van der Waals surface area (Å²) in [7, 11) is 0. The van der Waals surface area contributed by atoms with Crippen molar-refractivity contribution in [2.24, 2.45) is 0 Å². The van der Waals surface area contributed by atoms with Crippen LogP contribution in [0.1, 0.15) is 21.5 Å². The smallest absolute Gasteiger partial charge is 0.253 e. The normalized spacial score (nSPS) is 15.5.